The van der Waals surface area contributed by atoms with E-state index in [1.165, 1.54) is 6.20 Å². The van der Waals surface area contributed by atoms with Crippen LogP contribution < -0.4 is 5.32 Å². The van der Waals surface area contributed by atoms with E-state index < -0.39 is 12.1 Å². The topological polar surface area (TPSA) is 109 Å². The molecule has 3 aromatic rings. The van der Waals surface area contributed by atoms with E-state index in [1.807, 2.05) is 24.3 Å². The highest BCUT2D eigenvalue weighted by molar-refractivity contribution is 7.17. The van der Waals surface area contributed by atoms with Gasteiger partial charge in [-0.3, -0.25) is 14.9 Å². The van der Waals surface area contributed by atoms with Crippen molar-refractivity contribution in [2.45, 2.75) is 31.2 Å². The number of benzene rings is 2. The molecule has 0 spiro atoms. The van der Waals surface area contributed by atoms with Gasteiger partial charge in [0, 0.05) is 18.5 Å². The monoisotopic (exact) mass is 477 g/mol. The maximum absolute atomic E-state index is 12.8. The Hall–Kier alpha value is -3.72. The van der Waals surface area contributed by atoms with Crippen LogP contribution in [0, 0.1) is 0 Å². The molecular weight excluding hydrogens is 454 g/mol. The van der Waals surface area contributed by atoms with Crippen LogP contribution in [0.25, 0.3) is 11.1 Å². The number of thiazole rings is 1. The number of rotatable bonds is 6. The van der Waals surface area contributed by atoms with Gasteiger partial charge in [-0.15, -0.1) is 0 Å². The lowest BCUT2D eigenvalue weighted by atomic mass is 9.98. The molecule has 1 atom stereocenters. The number of nitrogens with zero attached hydrogens (tertiary/aromatic N) is 2. The summed E-state index contributed by atoms with van der Waals surface area (Å²) in [5.41, 5.74) is 4.55. The number of anilines is 1. The van der Waals surface area contributed by atoms with Gasteiger partial charge < -0.3 is 14.7 Å². The van der Waals surface area contributed by atoms with Crippen molar-refractivity contribution < 1.29 is 24.2 Å². The number of hydrogen-bond donors (Lipinski definition) is 2. The van der Waals surface area contributed by atoms with Crippen molar-refractivity contribution in [2.75, 3.05) is 18.5 Å². The van der Waals surface area contributed by atoms with Crippen LogP contribution in [-0.2, 0) is 9.53 Å². The molecule has 9 heteroatoms. The fourth-order valence-electron chi connectivity index (χ4n) is 4.81. The second-order valence-electron chi connectivity index (χ2n) is 8.37. The van der Waals surface area contributed by atoms with Crippen LogP contribution in [0.1, 0.15) is 46.0 Å². The number of fused-ring (bicyclic) bond motifs is 3. The van der Waals surface area contributed by atoms with Crippen molar-refractivity contribution in [3.8, 4) is 11.1 Å². The van der Waals surface area contributed by atoms with Gasteiger partial charge in [-0.25, -0.2) is 9.78 Å². The van der Waals surface area contributed by atoms with E-state index in [0.717, 1.165) is 40.0 Å². The minimum atomic E-state index is -0.924. The van der Waals surface area contributed by atoms with Crippen molar-refractivity contribution in [2.24, 2.45) is 0 Å². The van der Waals surface area contributed by atoms with Gasteiger partial charge in [-0.2, -0.15) is 0 Å². The molecule has 1 saturated heterocycles. The van der Waals surface area contributed by atoms with Gasteiger partial charge in [0.2, 0.25) is 0 Å². The molecule has 174 valence electrons. The average molecular weight is 478 g/mol. The molecule has 1 aromatic heterocycles. The quantitative estimate of drug-likeness (QED) is 0.538. The van der Waals surface area contributed by atoms with Gasteiger partial charge in [0.15, 0.2) is 5.13 Å². The fourth-order valence-corrected chi connectivity index (χ4v) is 5.57. The van der Waals surface area contributed by atoms with Gasteiger partial charge in [0.1, 0.15) is 11.5 Å². The molecule has 0 bridgehead atoms. The summed E-state index contributed by atoms with van der Waals surface area (Å²) in [6, 6.07) is 15.9. The predicted molar refractivity (Wildman–Crippen MR) is 127 cm³/mol. The number of carboxylic acids is 1. The van der Waals surface area contributed by atoms with E-state index in [2.05, 4.69) is 34.6 Å². The first-order chi connectivity index (χ1) is 16.5. The molecule has 2 aliphatic rings. The van der Waals surface area contributed by atoms with Crippen LogP contribution in [0.2, 0.25) is 0 Å². The van der Waals surface area contributed by atoms with E-state index in [0.29, 0.717) is 17.8 Å². The van der Waals surface area contributed by atoms with E-state index in [1.54, 1.807) is 4.90 Å². The standard InChI is InChI=1S/C25H23N3O5S/c29-22(30)12-15-6-5-11-28(15)23(31)21-13-26-24(34-21)27-25(32)33-14-20-18-9-3-1-7-16(18)17-8-2-4-10-19(17)20/h1-4,7-10,13,15,20H,5-6,11-12,14H2,(H,29,30)(H,26,27,32). The van der Waals surface area contributed by atoms with Gasteiger partial charge >= 0.3 is 12.1 Å². The molecule has 1 fully saturated rings. The zero-order chi connectivity index (χ0) is 23.7. The summed E-state index contributed by atoms with van der Waals surface area (Å²) >= 11 is 1.05. The molecule has 1 aliphatic carbocycles. The third kappa shape index (κ3) is 4.26. The molecule has 8 nitrogen and oxygen atoms in total. The van der Waals surface area contributed by atoms with Crippen molar-refractivity contribution in [3.05, 3.63) is 70.7 Å². The van der Waals surface area contributed by atoms with Gasteiger partial charge in [0.05, 0.1) is 12.6 Å². The van der Waals surface area contributed by atoms with E-state index in [4.69, 9.17) is 9.84 Å². The average Bonchev–Trinajstić information content (AvgIpc) is 3.55. The number of nitrogens with one attached hydrogen (secondary N) is 1. The summed E-state index contributed by atoms with van der Waals surface area (Å²) in [6.07, 6.45) is 2.13. The number of aromatic nitrogens is 1. The first kappa shape index (κ1) is 22.1. The van der Waals surface area contributed by atoms with Crippen molar-refractivity contribution in [1.82, 2.24) is 9.88 Å². The Labute approximate surface area is 200 Å². The maximum atomic E-state index is 12.8. The van der Waals surface area contributed by atoms with Crippen LogP contribution in [0.4, 0.5) is 9.93 Å². The molecule has 2 amide bonds. The number of amides is 2. The lowest BCUT2D eigenvalue weighted by Gasteiger charge is -2.22. The van der Waals surface area contributed by atoms with Crippen LogP contribution in [0.5, 0.6) is 0 Å². The maximum Gasteiger partial charge on any atom is 0.413 e. The lowest BCUT2D eigenvalue weighted by molar-refractivity contribution is -0.137. The second-order valence-corrected chi connectivity index (χ2v) is 9.40. The fraction of sp³-hybridized carbons (Fsp3) is 0.280. The van der Waals surface area contributed by atoms with Crippen LogP contribution in [0.3, 0.4) is 0 Å². The van der Waals surface area contributed by atoms with E-state index in [9.17, 15) is 14.4 Å². The Morgan fingerprint density at radius 3 is 2.44 bits per heavy atom. The third-order valence-electron chi connectivity index (χ3n) is 6.32. The minimum absolute atomic E-state index is 0.0482. The highest BCUT2D eigenvalue weighted by atomic mass is 32.1. The van der Waals surface area contributed by atoms with Gasteiger partial charge in [0.25, 0.3) is 5.91 Å². The molecule has 1 unspecified atom stereocenters. The lowest BCUT2D eigenvalue weighted by Crippen LogP contribution is -2.36. The molecule has 1 aliphatic heterocycles. The number of hydrogen-bond acceptors (Lipinski definition) is 6. The molecule has 0 radical (unpaired) electrons. The van der Waals surface area contributed by atoms with Crippen molar-refractivity contribution in [3.63, 3.8) is 0 Å². The first-order valence-electron chi connectivity index (χ1n) is 11.1. The Morgan fingerprint density at radius 2 is 1.76 bits per heavy atom. The Kier molecular flexibility index (Phi) is 6.02. The van der Waals surface area contributed by atoms with Gasteiger partial charge in [-0.1, -0.05) is 59.9 Å². The Morgan fingerprint density at radius 1 is 1.09 bits per heavy atom. The summed E-state index contributed by atoms with van der Waals surface area (Å²) in [5.74, 6) is -1.23. The van der Waals surface area contributed by atoms with Crippen LogP contribution in [0.15, 0.2) is 54.7 Å². The van der Waals surface area contributed by atoms with Crippen LogP contribution >= 0.6 is 11.3 Å². The molecule has 2 heterocycles. The molecule has 0 saturated carbocycles. The number of aliphatic carboxylic acids is 1. The SMILES string of the molecule is O=C(O)CC1CCCN1C(=O)c1cnc(NC(=O)OCC2c3ccccc3-c3ccccc32)s1. The zero-order valence-corrected chi connectivity index (χ0v) is 19.1. The number of ether oxygens (including phenoxy) is 1. The number of likely N-dealkylation sites (tertiary alicyclic amines) is 1. The minimum Gasteiger partial charge on any atom is -0.481 e. The van der Waals surface area contributed by atoms with Crippen molar-refractivity contribution >= 4 is 34.4 Å². The van der Waals surface area contributed by atoms with Crippen molar-refractivity contribution in [1.29, 1.82) is 0 Å². The van der Waals surface area contributed by atoms with E-state index >= 15 is 0 Å². The normalized spacial score (nSPS) is 16.7. The number of carbonyl (C=O) groups excluding carboxylic acids is 2. The largest absolute Gasteiger partial charge is 0.481 e. The molecule has 2 N–H and O–H groups in total. The first-order valence-corrected chi connectivity index (χ1v) is 11.9. The summed E-state index contributed by atoms with van der Waals surface area (Å²) in [7, 11) is 0. The smallest absolute Gasteiger partial charge is 0.413 e. The number of carbonyl (C=O) groups is 3. The third-order valence-corrected chi connectivity index (χ3v) is 7.22. The highest BCUT2D eigenvalue weighted by Crippen LogP contribution is 2.44. The van der Waals surface area contributed by atoms with Crippen LogP contribution in [-0.4, -0.2) is 52.2 Å². The summed E-state index contributed by atoms with van der Waals surface area (Å²) in [4.78, 5) is 42.4. The molecular formula is C25H23N3O5S. The Bertz CT molecular complexity index is 1210. The molecule has 5 rings (SSSR count). The molecule has 2 aromatic carbocycles. The summed E-state index contributed by atoms with van der Waals surface area (Å²) < 4.78 is 5.53. The van der Waals surface area contributed by atoms with Gasteiger partial charge in [-0.05, 0) is 35.1 Å². The highest BCUT2D eigenvalue weighted by Gasteiger charge is 2.32. The van der Waals surface area contributed by atoms with E-state index in [-0.39, 0.29) is 36.0 Å². The predicted octanol–water partition coefficient (Wildman–Crippen LogP) is 4.58. The number of carboxylic acid groups (broad SMARTS) is 1. The molecule has 34 heavy (non-hydrogen) atoms. The summed E-state index contributed by atoms with van der Waals surface area (Å²) in [5, 5.41) is 11.9. The second kappa shape index (κ2) is 9.26. The Balaban J connectivity index is 1.21. The zero-order valence-electron chi connectivity index (χ0n) is 18.3. The summed E-state index contributed by atoms with van der Waals surface area (Å²) in [6.45, 7) is 0.700.